The fourth-order valence-corrected chi connectivity index (χ4v) is 11.4. The molecule has 0 bridgehead atoms. The van der Waals surface area contributed by atoms with Gasteiger partial charge in [0, 0.05) is 0 Å². The third kappa shape index (κ3) is 4.51. The molecule has 0 atom stereocenters. The van der Waals surface area contributed by atoms with Gasteiger partial charge in [-0.2, -0.15) is 0 Å². The van der Waals surface area contributed by atoms with Gasteiger partial charge in [-0.05, 0) is 54.1 Å². The summed E-state index contributed by atoms with van der Waals surface area (Å²) in [6.07, 6.45) is 4.79. The number of hydrogen-bond acceptors (Lipinski definition) is 0. The van der Waals surface area contributed by atoms with E-state index >= 15 is 0 Å². The van der Waals surface area contributed by atoms with Crippen molar-refractivity contribution in [1.29, 1.82) is 0 Å². The van der Waals surface area contributed by atoms with E-state index in [0.717, 1.165) is 0 Å². The zero-order chi connectivity index (χ0) is 27.5. The lowest BCUT2D eigenvalue weighted by atomic mass is 10.0. The second-order valence-electron chi connectivity index (χ2n) is 10.5. The molecule has 6 aromatic carbocycles. The normalized spacial score (nSPS) is 13.9. The second-order valence-corrected chi connectivity index (χ2v) is 14.3. The number of rotatable bonds is 6. The molecule has 0 radical (unpaired) electrons. The van der Waals surface area contributed by atoms with Crippen LogP contribution in [0.3, 0.4) is 0 Å². The van der Waals surface area contributed by atoms with Crippen LogP contribution in [0.15, 0.2) is 182 Å². The van der Waals surface area contributed by atoms with Gasteiger partial charge in [-0.1, -0.05) is 182 Å². The summed E-state index contributed by atoms with van der Waals surface area (Å²) in [4.78, 5) is 0. The van der Waals surface area contributed by atoms with Crippen molar-refractivity contribution >= 4 is 28.8 Å². The highest BCUT2D eigenvalue weighted by Crippen LogP contribution is 2.42. The molecule has 0 fully saturated rings. The van der Waals surface area contributed by atoms with Gasteiger partial charge in [0.2, 0.25) is 0 Å². The molecule has 1 heteroatoms. The molecule has 0 aliphatic carbocycles. The molecule has 0 N–H and O–H groups in total. The number of hydrogen-bond donors (Lipinski definition) is 0. The van der Waals surface area contributed by atoms with Gasteiger partial charge in [0.25, 0.3) is 0 Å². The predicted molar refractivity (Wildman–Crippen MR) is 178 cm³/mol. The minimum Gasteiger partial charge on any atom is -0.0623 e. The fraction of sp³-hybridized carbons (Fsp3) is 0. The fourth-order valence-electron chi connectivity index (χ4n) is 6.30. The molecule has 1 heterocycles. The molecule has 0 nitrogen and oxygen atoms in total. The molecule has 7 rings (SSSR count). The van der Waals surface area contributed by atoms with Crippen molar-refractivity contribution in [2.75, 3.05) is 0 Å². The van der Waals surface area contributed by atoms with E-state index < -0.39 is 8.07 Å². The maximum absolute atomic E-state index is 2.60. The average molecular weight is 539 g/mol. The van der Waals surface area contributed by atoms with Crippen LogP contribution in [0.1, 0.15) is 11.1 Å². The van der Waals surface area contributed by atoms with Crippen LogP contribution in [0, 0.1) is 0 Å². The average Bonchev–Trinajstić information content (AvgIpc) is 3.48. The van der Waals surface area contributed by atoms with Crippen molar-refractivity contribution in [3.05, 3.63) is 193 Å². The molecule has 41 heavy (non-hydrogen) atoms. The monoisotopic (exact) mass is 538 g/mol. The predicted octanol–water partition coefficient (Wildman–Crippen LogP) is 8.84. The first-order chi connectivity index (χ1) is 20.3. The van der Waals surface area contributed by atoms with Crippen molar-refractivity contribution < 1.29 is 0 Å². The Morgan fingerprint density at radius 2 is 0.512 bits per heavy atom. The first-order valence-corrected chi connectivity index (χ1v) is 16.2. The maximum atomic E-state index is 2.39. The van der Waals surface area contributed by atoms with Gasteiger partial charge in [-0.15, -0.1) is 0 Å². The maximum Gasteiger partial charge on any atom is 0.180 e. The van der Waals surface area contributed by atoms with Gasteiger partial charge in [-0.3, -0.25) is 0 Å². The van der Waals surface area contributed by atoms with Gasteiger partial charge < -0.3 is 0 Å². The van der Waals surface area contributed by atoms with E-state index in [1.807, 2.05) is 0 Å². The molecule has 0 saturated carbocycles. The highest BCUT2D eigenvalue weighted by Gasteiger charge is 2.47. The Morgan fingerprint density at radius 3 is 0.854 bits per heavy atom. The van der Waals surface area contributed by atoms with E-state index in [0.29, 0.717) is 0 Å². The molecule has 0 amide bonds. The third-order valence-electron chi connectivity index (χ3n) is 8.24. The molecule has 0 spiro atoms. The molecule has 194 valence electrons. The SMILES string of the molecule is C1=C(c2ccc(-c3ccccc3)cc2)[Si](c2ccccc2)(c2ccccc2)C(c2ccc(-c3ccccc3)cc2)=C1. The lowest BCUT2D eigenvalue weighted by Gasteiger charge is -2.35. The molecule has 0 saturated heterocycles. The van der Waals surface area contributed by atoms with E-state index in [2.05, 4.69) is 182 Å². The molecule has 1 aliphatic heterocycles. The van der Waals surface area contributed by atoms with Crippen LogP contribution in [0.4, 0.5) is 0 Å². The minimum atomic E-state index is -2.60. The highest BCUT2D eigenvalue weighted by molar-refractivity contribution is 7.26. The quantitative estimate of drug-likeness (QED) is 0.186. The zero-order valence-electron chi connectivity index (χ0n) is 22.8. The van der Waals surface area contributed by atoms with E-state index in [9.17, 15) is 0 Å². The van der Waals surface area contributed by atoms with Gasteiger partial charge in [0.15, 0.2) is 8.07 Å². The lowest BCUT2D eigenvalue weighted by Crippen LogP contribution is -2.59. The van der Waals surface area contributed by atoms with Crippen LogP contribution in [0.5, 0.6) is 0 Å². The summed E-state index contributed by atoms with van der Waals surface area (Å²) in [5.41, 5.74) is 7.54. The number of benzene rings is 6. The second kappa shape index (κ2) is 10.9. The topological polar surface area (TPSA) is 0 Å². The Hall–Kier alpha value is -4.98. The van der Waals surface area contributed by atoms with Gasteiger partial charge in [0.05, 0.1) is 0 Å². The van der Waals surface area contributed by atoms with Crippen LogP contribution >= 0.6 is 0 Å². The Balaban J connectivity index is 1.39. The van der Waals surface area contributed by atoms with Crippen molar-refractivity contribution in [3.63, 3.8) is 0 Å². The molecular formula is C40H30Si. The molecule has 1 aliphatic rings. The van der Waals surface area contributed by atoms with Crippen LogP contribution in [0.2, 0.25) is 0 Å². The first-order valence-electron chi connectivity index (χ1n) is 14.2. The molecular weight excluding hydrogens is 509 g/mol. The Bertz CT molecular complexity index is 1680. The minimum absolute atomic E-state index is 1.24. The standard InChI is InChI=1S/C40H30Si/c1-5-13-31(14-6-1)33-21-25-35(26-22-33)39-29-30-40(36-27-23-34(24-28-36)32-15-7-2-8-16-32)41(39,37-17-9-3-10-18-37)38-19-11-4-12-20-38/h1-30H. The third-order valence-corrected chi connectivity index (χ3v) is 13.2. The summed E-state index contributed by atoms with van der Waals surface area (Å²) in [5, 5.41) is 5.66. The summed E-state index contributed by atoms with van der Waals surface area (Å²) in [7, 11) is -2.60. The van der Waals surface area contributed by atoms with Crippen molar-refractivity contribution in [2.24, 2.45) is 0 Å². The van der Waals surface area contributed by atoms with Gasteiger partial charge >= 0.3 is 0 Å². The zero-order valence-corrected chi connectivity index (χ0v) is 23.8. The summed E-state index contributed by atoms with van der Waals surface area (Å²) in [6, 6.07) is 62.0. The Kier molecular flexibility index (Phi) is 6.64. The smallest absolute Gasteiger partial charge is 0.0623 e. The molecule has 6 aromatic rings. The summed E-state index contributed by atoms with van der Waals surface area (Å²) in [5.74, 6) is 0. The van der Waals surface area contributed by atoms with Crippen molar-refractivity contribution in [2.45, 2.75) is 0 Å². The van der Waals surface area contributed by atoms with E-state index in [1.165, 1.54) is 54.1 Å². The van der Waals surface area contributed by atoms with Gasteiger partial charge in [0.1, 0.15) is 0 Å². The van der Waals surface area contributed by atoms with E-state index in [1.54, 1.807) is 0 Å². The van der Waals surface area contributed by atoms with Crippen LogP contribution in [-0.2, 0) is 0 Å². The lowest BCUT2D eigenvalue weighted by molar-refractivity contribution is 1.58. The Labute approximate surface area is 243 Å². The summed E-state index contributed by atoms with van der Waals surface area (Å²) < 4.78 is 0. The molecule has 0 aromatic heterocycles. The van der Waals surface area contributed by atoms with Gasteiger partial charge in [-0.25, -0.2) is 0 Å². The summed E-state index contributed by atoms with van der Waals surface area (Å²) >= 11 is 0. The van der Waals surface area contributed by atoms with E-state index in [-0.39, 0.29) is 0 Å². The van der Waals surface area contributed by atoms with Crippen LogP contribution < -0.4 is 10.4 Å². The van der Waals surface area contributed by atoms with E-state index in [4.69, 9.17) is 0 Å². The van der Waals surface area contributed by atoms with Crippen molar-refractivity contribution in [3.8, 4) is 22.3 Å². The molecule has 0 unspecified atom stereocenters. The first kappa shape index (κ1) is 25.0. The van der Waals surface area contributed by atoms with Crippen LogP contribution in [-0.4, -0.2) is 8.07 Å². The number of allylic oxidation sites excluding steroid dienone is 2. The highest BCUT2D eigenvalue weighted by atomic mass is 28.3. The van der Waals surface area contributed by atoms with Crippen molar-refractivity contribution in [1.82, 2.24) is 0 Å². The largest absolute Gasteiger partial charge is 0.180 e. The van der Waals surface area contributed by atoms with Crippen LogP contribution in [0.25, 0.3) is 32.6 Å². The Morgan fingerprint density at radius 1 is 0.244 bits per heavy atom. The summed E-state index contributed by atoms with van der Waals surface area (Å²) in [6.45, 7) is 0.